The summed E-state index contributed by atoms with van der Waals surface area (Å²) in [6.45, 7) is 1.96. The van der Waals surface area contributed by atoms with E-state index in [4.69, 9.17) is 0 Å². The number of nitrogens with one attached hydrogen (secondary N) is 2. The van der Waals surface area contributed by atoms with Gasteiger partial charge < -0.3 is 12.4 Å². The lowest BCUT2D eigenvalue weighted by atomic mass is 10.8. The van der Waals surface area contributed by atoms with Crippen molar-refractivity contribution in [3.63, 3.8) is 0 Å². The Hall–Kier alpha value is -0.0800. The van der Waals surface area contributed by atoms with Gasteiger partial charge in [-0.25, -0.2) is 4.99 Å². The van der Waals surface area contributed by atoms with Crippen molar-refractivity contribution in [2.24, 2.45) is 0 Å². The average Bonchev–Trinajstić information content (AvgIpc) is 1.76. The van der Waals surface area contributed by atoms with E-state index in [1.807, 2.05) is 6.21 Å². The molecule has 0 saturated carbocycles. The van der Waals surface area contributed by atoms with Crippen LogP contribution in [0.15, 0.2) is 0 Å². The molecule has 2 N–H and O–H groups in total. The van der Waals surface area contributed by atoms with Crippen LogP contribution in [0.4, 0.5) is 0 Å². The van der Waals surface area contributed by atoms with Crippen molar-refractivity contribution in [2.75, 3.05) is 13.2 Å². The van der Waals surface area contributed by atoms with Crippen molar-refractivity contribution >= 4 is 6.21 Å². The highest BCUT2D eigenvalue weighted by Crippen LogP contribution is 1.40. The van der Waals surface area contributed by atoms with E-state index in [2.05, 4.69) is 10.3 Å². The van der Waals surface area contributed by atoms with Crippen molar-refractivity contribution in [1.29, 1.82) is 0 Å². The first kappa shape index (κ1) is 5.92. The second kappa shape index (κ2) is 3.12. The van der Waals surface area contributed by atoms with E-state index in [1.54, 1.807) is 0 Å². The highest BCUT2D eigenvalue weighted by Gasteiger charge is 1.89. The Balaban J connectivity index is 0.000000250. The SMILES string of the molecule is C1=[NH+]CNC1.[Cl-]. The van der Waals surface area contributed by atoms with Crippen LogP contribution in [0, 0.1) is 0 Å². The zero-order valence-corrected chi connectivity index (χ0v) is 4.13. The number of hydrogen-bond acceptors (Lipinski definition) is 1. The van der Waals surface area contributed by atoms with Crippen LogP contribution < -0.4 is 22.7 Å². The maximum Gasteiger partial charge on any atom is 0.195 e. The third-order valence-corrected chi connectivity index (χ3v) is 0.618. The Morgan fingerprint density at radius 1 is 1.67 bits per heavy atom. The number of rotatable bonds is 0. The molecule has 0 unspecified atom stereocenters. The molecular weight excluding hydrogens is 99.5 g/mol. The van der Waals surface area contributed by atoms with Gasteiger partial charge in [-0.3, -0.25) is 5.32 Å². The third-order valence-electron chi connectivity index (χ3n) is 0.618. The van der Waals surface area contributed by atoms with Gasteiger partial charge >= 0.3 is 0 Å². The molecule has 0 radical (unpaired) electrons. The monoisotopic (exact) mass is 106 g/mol. The van der Waals surface area contributed by atoms with E-state index in [0.29, 0.717) is 0 Å². The standard InChI is InChI=1S/C3H6N2.ClH/c1-2-5-3-4-1;/h1,5H,2-3H2;1H. The molecule has 0 aliphatic carbocycles. The fourth-order valence-electron chi connectivity index (χ4n) is 0.361. The van der Waals surface area contributed by atoms with E-state index >= 15 is 0 Å². The molecule has 0 aromatic rings. The lowest BCUT2D eigenvalue weighted by Gasteiger charge is -1.69. The van der Waals surface area contributed by atoms with Gasteiger partial charge in [0.05, 0.1) is 6.54 Å². The third kappa shape index (κ3) is 1.38. The van der Waals surface area contributed by atoms with Gasteiger partial charge in [0, 0.05) is 0 Å². The summed E-state index contributed by atoms with van der Waals surface area (Å²) >= 11 is 0. The Bertz CT molecular complexity index is 46.8. The maximum absolute atomic E-state index is 3.06. The first-order valence-electron chi connectivity index (χ1n) is 1.76. The van der Waals surface area contributed by atoms with Crippen molar-refractivity contribution < 1.29 is 17.4 Å². The van der Waals surface area contributed by atoms with E-state index < -0.39 is 0 Å². The molecule has 0 aromatic heterocycles. The van der Waals surface area contributed by atoms with E-state index in [0.717, 1.165) is 13.2 Å². The van der Waals surface area contributed by atoms with Crippen LogP contribution in [-0.2, 0) is 0 Å². The molecule has 0 bridgehead atoms. The molecule has 2 nitrogen and oxygen atoms in total. The molecule has 1 heterocycles. The van der Waals surface area contributed by atoms with E-state index in [1.165, 1.54) is 0 Å². The van der Waals surface area contributed by atoms with Crippen molar-refractivity contribution in [2.45, 2.75) is 0 Å². The van der Waals surface area contributed by atoms with Crippen LogP contribution in [0.5, 0.6) is 0 Å². The largest absolute Gasteiger partial charge is 1.00 e. The van der Waals surface area contributed by atoms with E-state index in [9.17, 15) is 0 Å². The summed E-state index contributed by atoms with van der Waals surface area (Å²) in [5.41, 5.74) is 0. The number of halogens is 1. The van der Waals surface area contributed by atoms with Crippen molar-refractivity contribution in [3.05, 3.63) is 0 Å². The predicted molar refractivity (Wildman–Crippen MR) is 19.9 cm³/mol. The first-order chi connectivity index (χ1) is 2.50. The van der Waals surface area contributed by atoms with Crippen molar-refractivity contribution in [3.8, 4) is 0 Å². The summed E-state index contributed by atoms with van der Waals surface area (Å²) in [5, 5.41) is 3.06. The molecule has 0 fully saturated rings. The zero-order chi connectivity index (χ0) is 3.54. The Kier molecular flexibility index (Phi) is 3.08. The molecule has 6 heavy (non-hydrogen) atoms. The maximum atomic E-state index is 3.06. The minimum atomic E-state index is 0. The highest BCUT2D eigenvalue weighted by atomic mass is 35.5. The molecule has 0 amide bonds. The van der Waals surface area contributed by atoms with Crippen LogP contribution in [0.1, 0.15) is 0 Å². The molecule has 0 aromatic carbocycles. The van der Waals surface area contributed by atoms with Gasteiger partial charge in [-0.15, -0.1) is 0 Å². The minimum absolute atomic E-state index is 0. The van der Waals surface area contributed by atoms with Gasteiger partial charge in [0.25, 0.3) is 0 Å². The summed E-state index contributed by atoms with van der Waals surface area (Å²) in [7, 11) is 0. The molecule has 1 aliphatic rings. The zero-order valence-electron chi connectivity index (χ0n) is 3.37. The fourth-order valence-corrected chi connectivity index (χ4v) is 0.361. The molecule has 36 valence electrons. The normalized spacial score (nSPS) is 17.3. The molecular formula is C3H7ClN2. The van der Waals surface area contributed by atoms with Crippen LogP contribution >= 0.6 is 0 Å². The lowest BCUT2D eigenvalue weighted by molar-refractivity contribution is -0.446. The molecule has 0 atom stereocenters. The van der Waals surface area contributed by atoms with Crippen molar-refractivity contribution in [1.82, 2.24) is 5.32 Å². The highest BCUT2D eigenvalue weighted by molar-refractivity contribution is 5.53. The topological polar surface area (TPSA) is 26.0 Å². The number of hydrogen-bond donors (Lipinski definition) is 2. The quantitative estimate of drug-likeness (QED) is 0.317. The first-order valence-corrected chi connectivity index (χ1v) is 1.76. The van der Waals surface area contributed by atoms with Crippen LogP contribution in [-0.4, -0.2) is 19.4 Å². The van der Waals surface area contributed by atoms with Crippen LogP contribution in [0.25, 0.3) is 0 Å². The van der Waals surface area contributed by atoms with Crippen LogP contribution in [0.2, 0.25) is 0 Å². The van der Waals surface area contributed by atoms with Gasteiger partial charge in [0.1, 0.15) is 0 Å². The van der Waals surface area contributed by atoms with Gasteiger partial charge in [-0.2, -0.15) is 0 Å². The Labute approximate surface area is 43.1 Å². The van der Waals surface area contributed by atoms with E-state index in [-0.39, 0.29) is 12.4 Å². The molecule has 3 heteroatoms. The molecule has 0 spiro atoms. The predicted octanol–water partition coefficient (Wildman–Crippen LogP) is -5.30. The smallest absolute Gasteiger partial charge is 0.195 e. The van der Waals surface area contributed by atoms with Gasteiger partial charge in [-0.05, 0) is 0 Å². The van der Waals surface area contributed by atoms with Gasteiger partial charge in [-0.1, -0.05) is 0 Å². The summed E-state index contributed by atoms with van der Waals surface area (Å²) in [6.07, 6.45) is 2.00. The average molecular weight is 107 g/mol. The van der Waals surface area contributed by atoms with Crippen LogP contribution in [0.3, 0.4) is 0 Å². The minimum Gasteiger partial charge on any atom is -1.00 e. The fraction of sp³-hybridized carbons (Fsp3) is 0.667. The Morgan fingerprint density at radius 3 is 2.67 bits per heavy atom. The van der Waals surface area contributed by atoms with Gasteiger partial charge in [0.2, 0.25) is 0 Å². The second-order valence-corrected chi connectivity index (χ2v) is 1.04. The summed E-state index contributed by atoms with van der Waals surface area (Å²) in [5.74, 6) is 0. The molecule has 0 saturated heterocycles. The van der Waals surface area contributed by atoms with Gasteiger partial charge in [0.15, 0.2) is 12.9 Å². The summed E-state index contributed by atoms with van der Waals surface area (Å²) in [6, 6.07) is 0. The summed E-state index contributed by atoms with van der Waals surface area (Å²) in [4.78, 5) is 2.99. The molecule has 1 rings (SSSR count). The molecule has 1 aliphatic heterocycles. The Morgan fingerprint density at radius 2 is 2.50 bits per heavy atom. The summed E-state index contributed by atoms with van der Waals surface area (Å²) < 4.78 is 0. The lowest BCUT2D eigenvalue weighted by Crippen LogP contribution is -3.00. The second-order valence-electron chi connectivity index (χ2n) is 1.04.